The first-order valence-corrected chi connectivity index (χ1v) is 8.04. The number of nitrogens with one attached hydrogen (secondary N) is 1. The Morgan fingerprint density at radius 2 is 2.21 bits per heavy atom. The average Bonchev–Trinajstić information content (AvgIpc) is 3.23. The molecule has 4 aromatic rings. The summed E-state index contributed by atoms with van der Waals surface area (Å²) in [6.45, 7) is 1.91. The molecule has 0 aliphatic carbocycles. The third kappa shape index (κ3) is 2.08. The molecule has 1 amide bonds. The number of nitrogens with zero attached hydrogens (tertiary/aromatic N) is 3. The van der Waals surface area contributed by atoms with Gasteiger partial charge in [-0.05, 0) is 19.1 Å². The average molecular weight is 338 g/mol. The topological polar surface area (TPSA) is 115 Å². The maximum atomic E-state index is 11.7. The van der Waals surface area contributed by atoms with Crippen LogP contribution in [0.1, 0.15) is 16.1 Å². The summed E-state index contributed by atoms with van der Waals surface area (Å²) in [4.78, 5) is 20.7. The third-order valence-corrected chi connectivity index (χ3v) is 5.06. The number of hydrogen-bond donors (Lipinski definition) is 3. The van der Waals surface area contributed by atoms with Crippen molar-refractivity contribution < 1.29 is 4.79 Å². The number of H-pyrrole nitrogens is 1. The fourth-order valence-electron chi connectivity index (χ4n) is 2.69. The second kappa shape index (κ2) is 5.20. The van der Waals surface area contributed by atoms with Gasteiger partial charge in [-0.25, -0.2) is 4.52 Å². The predicted molar refractivity (Wildman–Crippen MR) is 93.8 cm³/mol. The Hall–Kier alpha value is -3.13. The van der Waals surface area contributed by atoms with Crippen LogP contribution in [0, 0.1) is 6.92 Å². The number of aromatic amines is 1. The SMILES string of the molecule is Cc1ncc(N)cc1-c1c(-c2cc[nH]c2)sc2c(C(N)=O)cnn12. The molecule has 0 aliphatic heterocycles. The summed E-state index contributed by atoms with van der Waals surface area (Å²) in [6, 6.07) is 3.83. The van der Waals surface area contributed by atoms with Gasteiger partial charge in [0.25, 0.3) is 5.91 Å². The summed E-state index contributed by atoms with van der Waals surface area (Å²) in [5.41, 5.74) is 15.9. The number of rotatable bonds is 3. The number of carbonyl (C=O) groups is 1. The summed E-state index contributed by atoms with van der Waals surface area (Å²) in [7, 11) is 0. The zero-order valence-electron chi connectivity index (χ0n) is 12.8. The van der Waals surface area contributed by atoms with Gasteiger partial charge in [-0.15, -0.1) is 11.3 Å². The molecule has 0 saturated heterocycles. The predicted octanol–water partition coefficient (Wildman–Crippen LogP) is 2.44. The molecule has 0 spiro atoms. The molecule has 0 fully saturated rings. The van der Waals surface area contributed by atoms with Crippen LogP contribution in [0.4, 0.5) is 5.69 Å². The number of thiazole rings is 1. The highest BCUT2D eigenvalue weighted by atomic mass is 32.1. The summed E-state index contributed by atoms with van der Waals surface area (Å²) >= 11 is 1.46. The highest BCUT2D eigenvalue weighted by molar-refractivity contribution is 7.21. The van der Waals surface area contributed by atoms with Crippen LogP contribution in [-0.2, 0) is 0 Å². The van der Waals surface area contributed by atoms with E-state index in [4.69, 9.17) is 11.5 Å². The van der Waals surface area contributed by atoms with Crippen LogP contribution in [0.5, 0.6) is 0 Å². The smallest absolute Gasteiger partial charge is 0.253 e. The van der Waals surface area contributed by atoms with Gasteiger partial charge in [0.1, 0.15) is 4.83 Å². The van der Waals surface area contributed by atoms with Gasteiger partial charge >= 0.3 is 0 Å². The van der Waals surface area contributed by atoms with E-state index in [9.17, 15) is 4.79 Å². The minimum Gasteiger partial charge on any atom is -0.397 e. The molecule has 0 aliphatic rings. The zero-order chi connectivity index (χ0) is 16.8. The van der Waals surface area contributed by atoms with E-state index in [-0.39, 0.29) is 0 Å². The number of aryl methyl sites for hydroxylation is 1. The maximum absolute atomic E-state index is 11.7. The number of fused-ring (bicyclic) bond motifs is 1. The molecule has 24 heavy (non-hydrogen) atoms. The van der Waals surface area contributed by atoms with E-state index in [0.717, 1.165) is 27.4 Å². The first kappa shape index (κ1) is 14.5. The van der Waals surface area contributed by atoms with Crippen LogP contribution >= 0.6 is 11.3 Å². The number of hydrogen-bond acceptors (Lipinski definition) is 5. The Morgan fingerprint density at radius 1 is 1.38 bits per heavy atom. The molecule has 0 saturated carbocycles. The molecule has 0 aromatic carbocycles. The number of carbonyl (C=O) groups excluding carboxylic acids is 1. The Kier molecular flexibility index (Phi) is 3.14. The lowest BCUT2D eigenvalue weighted by Crippen LogP contribution is -2.09. The minimum atomic E-state index is -0.499. The Labute approximate surface area is 140 Å². The van der Waals surface area contributed by atoms with Gasteiger partial charge in [-0.3, -0.25) is 9.78 Å². The van der Waals surface area contributed by atoms with Crippen molar-refractivity contribution in [3.05, 3.63) is 48.2 Å². The third-order valence-electron chi connectivity index (χ3n) is 3.84. The van der Waals surface area contributed by atoms with Crippen molar-refractivity contribution in [3.8, 4) is 21.7 Å². The van der Waals surface area contributed by atoms with Gasteiger partial charge in [0.2, 0.25) is 0 Å². The molecular formula is C16H14N6OS. The quantitative estimate of drug-likeness (QED) is 0.532. The number of pyridine rings is 1. The molecule has 7 nitrogen and oxygen atoms in total. The zero-order valence-corrected chi connectivity index (χ0v) is 13.6. The summed E-state index contributed by atoms with van der Waals surface area (Å²) < 4.78 is 1.73. The minimum absolute atomic E-state index is 0.401. The monoisotopic (exact) mass is 338 g/mol. The lowest BCUT2D eigenvalue weighted by atomic mass is 10.1. The summed E-state index contributed by atoms with van der Waals surface area (Å²) in [5, 5.41) is 4.37. The van der Waals surface area contributed by atoms with E-state index in [1.807, 2.05) is 31.5 Å². The molecule has 0 bridgehead atoms. The summed E-state index contributed by atoms with van der Waals surface area (Å²) in [6.07, 6.45) is 6.86. The van der Waals surface area contributed by atoms with Crippen molar-refractivity contribution in [2.24, 2.45) is 5.73 Å². The maximum Gasteiger partial charge on any atom is 0.253 e. The van der Waals surface area contributed by atoms with Gasteiger partial charge < -0.3 is 16.5 Å². The molecule has 0 unspecified atom stereocenters. The molecule has 0 atom stereocenters. The van der Waals surface area contributed by atoms with E-state index in [1.54, 1.807) is 10.7 Å². The van der Waals surface area contributed by atoms with Gasteiger partial charge in [0, 0.05) is 29.2 Å². The van der Waals surface area contributed by atoms with E-state index in [2.05, 4.69) is 15.1 Å². The highest BCUT2D eigenvalue weighted by Gasteiger charge is 2.22. The van der Waals surface area contributed by atoms with Crippen molar-refractivity contribution in [3.63, 3.8) is 0 Å². The van der Waals surface area contributed by atoms with E-state index in [1.165, 1.54) is 17.5 Å². The van der Waals surface area contributed by atoms with E-state index >= 15 is 0 Å². The standard InChI is InChI=1S/C16H14N6OS/c1-8-11(4-10(17)6-20-8)13-14(9-2-3-19-5-9)24-16-12(15(18)23)7-21-22(13)16/h2-7,19H,17H2,1H3,(H2,18,23). The number of nitrogens with two attached hydrogens (primary N) is 2. The number of amides is 1. The van der Waals surface area contributed by atoms with Gasteiger partial charge in [-0.1, -0.05) is 0 Å². The lowest BCUT2D eigenvalue weighted by Gasteiger charge is -2.07. The van der Waals surface area contributed by atoms with E-state index < -0.39 is 5.91 Å². The van der Waals surface area contributed by atoms with Crippen molar-refractivity contribution in [1.82, 2.24) is 19.6 Å². The molecule has 4 heterocycles. The number of anilines is 1. The van der Waals surface area contributed by atoms with Gasteiger partial charge in [0.15, 0.2) is 0 Å². The Morgan fingerprint density at radius 3 is 2.92 bits per heavy atom. The Balaban J connectivity index is 2.10. The Bertz CT molecular complexity index is 1060. The first-order chi connectivity index (χ1) is 11.6. The fourth-order valence-corrected chi connectivity index (χ4v) is 3.91. The number of primary amides is 1. The van der Waals surface area contributed by atoms with Crippen molar-refractivity contribution >= 4 is 27.8 Å². The van der Waals surface area contributed by atoms with Crippen LogP contribution in [0.25, 0.3) is 26.5 Å². The van der Waals surface area contributed by atoms with Crippen molar-refractivity contribution in [2.75, 3.05) is 5.73 Å². The lowest BCUT2D eigenvalue weighted by molar-refractivity contribution is 0.100. The number of nitrogen functional groups attached to an aromatic ring is 1. The van der Waals surface area contributed by atoms with Crippen LogP contribution < -0.4 is 11.5 Å². The fraction of sp³-hybridized carbons (Fsp3) is 0.0625. The molecule has 8 heteroatoms. The number of aromatic nitrogens is 4. The first-order valence-electron chi connectivity index (χ1n) is 7.22. The van der Waals surface area contributed by atoms with Crippen molar-refractivity contribution in [2.45, 2.75) is 6.92 Å². The van der Waals surface area contributed by atoms with Gasteiger partial charge in [0.05, 0.1) is 34.2 Å². The summed E-state index contributed by atoms with van der Waals surface area (Å²) in [5.74, 6) is -0.499. The van der Waals surface area contributed by atoms with Crippen LogP contribution in [0.3, 0.4) is 0 Å². The molecule has 4 aromatic heterocycles. The molecule has 4 rings (SSSR count). The molecule has 5 N–H and O–H groups in total. The molecule has 120 valence electrons. The normalized spacial score (nSPS) is 11.2. The molecule has 0 radical (unpaired) electrons. The highest BCUT2D eigenvalue weighted by Crippen LogP contribution is 2.41. The van der Waals surface area contributed by atoms with Crippen LogP contribution in [0.2, 0.25) is 0 Å². The van der Waals surface area contributed by atoms with Crippen LogP contribution in [0.15, 0.2) is 36.9 Å². The second-order valence-corrected chi connectivity index (χ2v) is 6.42. The van der Waals surface area contributed by atoms with Crippen LogP contribution in [-0.4, -0.2) is 25.5 Å². The molecular weight excluding hydrogens is 324 g/mol. The van der Waals surface area contributed by atoms with Gasteiger partial charge in [-0.2, -0.15) is 5.10 Å². The van der Waals surface area contributed by atoms with E-state index in [0.29, 0.717) is 16.1 Å². The second-order valence-electron chi connectivity index (χ2n) is 5.42. The van der Waals surface area contributed by atoms with Crippen molar-refractivity contribution in [1.29, 1.82) is 0 Å². The largest absolute Gasteiger partial charge is 0.397 e.